The van der Waals surface area contributed by atoms with Crippen LogP contribution in [0.1, 0.15) is 39.5 Å². The molecule has 7 nitrogen and oxygen atoms in total. The monoisotopic (exact) mass is 323 g/mol. The number of hydrogen-bond acceptors (Lipinski definition) is 4. The van der Waals surface area contributed by atoms with E-state index in [9.17, 15) is 14.4 Å². The second-order valence-corrected chi connectivity index (χ2v) is 6.45. The molecule has 0 radical (unpaired) electrons. The van der Waals surface area contributed by atoms with Crippen LogP contribution in [0.4, 0.5) is 0 Å². The highest BCUT2D eigenvalue weighted by Crippen LogP contribution is 2.39. The van der Waals surface area contributed by atoms with Gasteiger partial charge in [-0.05, 0) is 25.2 Å². The van der Waals surface area contributed by atoms with Crippen molar-refractivity contribution in [3.63, 3.8) is 0 Å². The zero-order valence-electron chi connectivity index (χ0n) is 13.5. The first kappa shape index (κ1) is 17.5. The summed E-state index contributed by atoms with van der Waals surface area (Å²) in [4.78, 5) is 34.9. The Morgan fingerprint density at radius 3 is 2.83 bits per heavy atom. The van der Waals surface area contributed by atoms with Crippen molar-refractivity contribution in [3.8, 4) is 0 Å². The summed E-state index contributed by atoms with van der Waals surface area (Å²) in [6.45, 7) is 4.17. The first-order valence-electron chi connectivity index (χ1n) is 8.13. The van der Waals surface area contributed by atoms with Crippen LogP contribution in [0.15, 0.2) is 11.6 Å². The molecule has 5 atom stereocenters. The lowest BCUT2D eigenvalue weighted by molar-refractivity contribution is -0.137. The molecular weight excluding hydrogens is 298 g/mol. The van der Waals surface area contributed by atoms with Crippen molar-refractivity contribution in [2.45, 2.75) is 57.7 Å². The van der Waals surface area contributed by atoms with Crippen LogP contribution >= 0.6 is 0 Å². The molecule has 2 amide bonds. The van der Waals surface area contributed by atoms with E-state index < -0.39 is 24.0 Å². The lowest BCUT2D eigenvalue weighted by atomic mass is 9.69. The van der Waals surface area contributed by atoms with Crippen LogP contribution in [0.25, 0.3) is 0 Å². The molecule has 0 aromatic heterocycles. The number of amides is 2. The van der Waals surface area contributed by atoms with E-state index in [1.165, 1.54) is 5.57 Å². The van der Waals surface area contributed by atoms with Gasteiger partial charge in [-0.25, -0.2) is 0 Å². The standard InChI is InChI=1S/C16H25N3O4/c1-3-9-10-7-12(9)18-16(23)13(6-8(10)2)19-15(22)11(17)4-5-14(20)21/h7-9,11-13H,3-6,17H2,1-2H3,(H,18,23)(H,19,22)(H,20,21). The molecule has 1 aliphatic carbocycles. The van der Waals surface area contributed by atoms with Gasteiger partial charge < -0.3 is 21.5 Å². The summed E-state index contributed by atoms with van der Waals surface area (Å²) in [5.74, 6) is -1.06. The molecular formula is C16H25N3O4. The molecule has 1 saturated heterocycles. The van der Waals surface area contributed by atoms with Gasteiger partial charge in [0.15, 0.2) is 0 Å². The van der Waals surface area contributed by atoms with Crippen LogP contribution < -0.4 is 16.4 Å². The van der Waals surface area contributed by atoms with Crippen molar-refractivity contribution < 1.29 is 19.5 Å². The van der Waals surface area contributed by atoms with E-state index >= 15 is 0 Å². The third kappa shape index (κ3) is 3.90. The minimum Gasteiger partial charge on any atom is -0.481 e. The summed E-state index contributed by atoms with van der Waals surface area (Å²) < 4.78 is 0. The van der Waals surface area contributed by atoms with Crippen molar-refractivity contribution >= 4 is 17.8 Å². The molecule has 0 saturated carbocycles. The molecule has 0 aromatic rings. The zero-order valence-corrected chi connectivity index (χ0v) is 13.5. The highest BCUT2D eigenvalue weighted by atomic mass is 16.4. The molecule has 1 fully saturated rings. The Bertz CT molecular complexity index is 531. The first-order chi connectivity index (χ1) is 10.8. The molecule has 3 rings (SSSR count). The van der Waals surface area contributed by atoms with Gasteiger partial charge in [0.05, 0.1) is 12.1 Å². The van der Waals surface area contributed by atoms with Crippen LogP contribution in [0.5, 0.6) is 0 Å². The maximum atomic E-state index is 12.3. The summed E-state index contributed by atoms with van der Waals surface area (Å²) in [5, 5.41) is 14.3. The maximum Gasteiger partial charge on any atom is 0.303 e. The van der Waals surface area contributed by atoms with Crippen LogP contribution in [-0.4, -0.2) is 41.0 Å². The maximum absolute atomic E-state index is 12.3. The molecule has 128 valence electrons. The van der Waals surface area contributed by atoms with E-state index in [1.54, 1.807) is 0 Å². The van der Waals surface area contributed by atoms with Crippen molar-refractivity contribution in [1.82, 2.24) is 10.6 Å². The van der Waals surface area contributed by atoms with E-state index in [1.807, 2.05) is 0 Å². The summed E-state index contributed by atoms with van der Waals surface area (Å²) in [6, 6.07) is -1.50. The highest BCUT2D eigenvalue weighted by molar-refractivity contribution is 5.90. The highest BCUT2D eigenvalue weighted by Gasteiger charge is 2.40. The lowest BCUT2D eigenvalue weighted by Crippen LogP contribution is -2.58. The predicted octanol–water partition coefficient (Wildman–Crippen LogP) is 0.154. The predicted molar refractivity (Wildman–Crippen MR) is 84.4 cm³/mol. The Morgan fingerprint density at radius 1 is 1.52 bits per heavy atom. The SMILES string of the molecule is CCC1C2=CC1NC(=O)C(NC(=O)C(N)CCC(=O)O)CC2C. The van der Waals surface area contributed by atoms with Crippen LogP contribution in [0.3, 0.4) is 0 Å². The van der Waals surface area contributed by atoms with Gasteiger partial charge in [-0.15, -0.1) is 0 Å². The van der Waals surface area contributed by atoms with Gasteiger partial charge in [0, 0.05) is 12.3 Å². The summed E-state index contributed by atoms with van der Waals surface area (Å²) in [5.41, 5.74) is 7.03. The molecule has 2 aliphatic heterocycles. The van der Waals surface area contributed by atoms with Crippen LogP contribution in [0, 0.1) is 11.8 Å². The number of carbonyl (C=O) groups excluding carboxylic acids is 2. The third-order valence-corrected chi connectivity index (χ3v) is 4.78. The Morgan fingerprint density at radius 2 is 2.22 bits per heavy atom. The second kappa shape index (κ2) is 7.12. The Labute approximate surface area is 135 Å². The number of fused-ring (bicyclic) bond motifs is 4. The Balaban J connectivity index is 1.95. The number of nitrogens with one attached hydrogen (secondary N) is 2. The minimum absolute atomic E-state index is 0.0466. The Kier molecular flexibility index (Phi) is 5.41. The first-order valence-corrected chi connectivity index (χ1v) is 8.13. The number of carboxylic acids is 1. The number of hydrogen-bond donors (Lipinski definition) is 4. The van der Waals surface area contributed by atoms with Crippen LogP contribution in [0.2, 0.25) is 0 Å². The molecule has 0 aromatic carbocycles. The number of carbonyl (C=O) groups is 3. The van der Waals surface area contributed by atoms with Crippen molar-refractivity contribution in [1.29, 1.82) is 0 Å². The summed E-state index contributed by atoms with van der Waals surface area (Å²) in [7, 11) is 0. The van der Waals surface area contributed by atoms with Gasteiger partial charge in [0.25, 0.3) is 0 Å². The fourth-order valence-corrected chi connectivity index (χ4v) is 3.37. The molecule has 7 heteroatoms. The van der Waals surface area contributed by atoms with Gasteiger partial charge in [0.2, 0.25) is 11.8 Å². The smallest absolute Gasteiger partial charge is 0.303 e. The number of rotatable bonds is 6. The van der Waals surface area contributed by atoms with Crippen LogP contribution in [-0.2, 0) is 14.4 Å². The molecule has 2 bridgehead atoms. The van der Waals surface area contributed by atoms with Gasteiger partial charge in [-0.2, -0.15) is 0 Å². The zero-order chi connectivity index (χ0) is 17.1. The number of nitrogens with two attached hydrogens (primary N) is 1. The number of carboxylic acid groups (broad SMARTS) is 1. The van der Waals surface area contributed by atoms with Crippen molar-refractivity contribution in [2.24, 2.45) is 17.6 Å². The molecule has 5 unspecified atom stereocenters. The summed E-state index contributed by atoms with van der Waals surface area (Å²) >= 11 is 0. The van der Waals surface area contributed by atoms with E-state index in [0.717, 1.165) is 6.42 Å². The quantitative estimate of drug-likeness (QED) is 0.519. The molecule has 2 heterocycles. The van der Waals surface area contributed by atoms with E-state index in [-0.39, 0.29) is 30.7 Å². The van der Waals surface area contributed by atoms with Crippen molar-refractivity contribution in [2.75, 3.05) is 0 Å². The minimum atomic E-state index is -0.997. The van der Waals surface area contributed by atoms with E-state index in [4.69, 9.17) is 10.8 Å². The lowest BCUT2D eigenvalue weighted by Gasteiger charge is -2.43. The molecule has 23 heavy (non-hydrogen) atoms. The molecule has 3 aliphatic rings. The van der Waals surface area contributed by atoms with E-state index in [2.05, 4.69) is 30.6 Å². The fourth-order valence-electron chi connectivity index (χ4n) is 3.37. The van der Waals surface area contributed by atoms with Gasteiger partial charge in [-0.1, -0.05) is 25.5 Å². The second-order valence-electron chi connectivity index (χ2n) is 6.45. The Hall–Kier alpha value is -1.89. The average Bonchev–Trinajstić information content (AvgIpc) is 2.46. The van der Waals surface area contributed by atoms with Crippen molar-refractivity contribution in [3.05, 3.63) is 11.6 Å². The summed E-state index contributed by atoms with van der Waals surface area (Å²) in [6.07, 6.45) is 3.50. The average molecular weight is 323 g/mol. The molecule has 5 N–H and O–H groups in total. The largest absolute Gasteiger partial charge is 0.481 e. The number of aliphatic carboxylic acids is 1. The normalized spacial score (nSPS) is 30.9. The fraction of sp³-hybridized carbons (Fsp3) is 0.688. The van der Waals surface area contributed by atoms with Gasteiger partial charge >= 0.3 is 5.97 Å². The molecule has 0 spiro atoms. The topological polar surface area (TPSA) is 122 Å². The van der Waals surface area contributed by atoms with Gasteiger partial charge in [0.1, 0.15) is 6.04 Å². The van der Waals surface area contributed by atoms with Gasteiger partial charge in [-0.3, -0.25) is 14.4 Å². The third-order valence-electron chi connectivity index (χ3n) is 4.78. The van der Waals surface area contributed by atoms with E-state index in [0.29, 0.717) is 12.3 Å².